The number of rotatable bonds is 3. The summed E-state index contributed by atoms with van der Waals surface area (Å²) in [6.07, 6.45) is 10.3. The van der Waals surface area contributed by atoms with Crippen LogP contribution in [0.3, 0.4) is 0 Å². The van der Waals surface area contributed by atoms with E-state index in [9.17, 15) is 0 Å². The summed E-state index contributed by atoms with van der Waals surface area (Å²) in [4.78, 5) is 0. The van der Waals surface area contributed by atoms with Crippen molar-refractivity contribution in [2.75, 3.05) is 7.11 Å². The van der Waals surface area contributed by atoms with E-state index in [0.29, 0.717) is 5.02 Å². The maximum absolute atomic E-state index is 6.60. The molecule has 0 unspecified atom stereocenters. The van der Waals surface area contributed by atoms with Gasteiger partial charge in [0.05, 0.1) is 48.5 Å². The lowest BCUT2D eigenvalue weighted by Gasteiger charge is -2.48. The number of furan rings is 2. The van der Waals surface area contributed by atoms with Crippen LogP contribution in [0.25, 0.3) is 0 Å². The minimum Gasteiger partial charge on any atom is -0.495 e. The molecule has 5 heteroatoms. The first-order valence-electron chi connectivity index (χ1n) is 9.67. The van der Waals surface area contributed by atoms with Crippen LogP contribution in [-0.4, -0.2) is 7.11 Å². The molecule has 2 aliphatic heterocycles. The van der Waals surface area contributed by atoms with Gasteiger partial charge in [-0.2, -0.15) is 4.57 Å². The predicted octanol–water partition coefficient (Wildman–Crippen LogP) is 5.25. The first-order valence-corrected chi connectivity index (χ1v) is 10.0. The number of methoxy groups -OCH3 is 1. The summed E-state index contributed by atoms with van der Waals surface area (Å²) in [7, 11) is 1.69. The molecule has 5 heterocycles. The standard InChI is InChI=1S/C24H19ClNO3/c1-27-23-18(25)6-5-17-20-12-24(15-7-10-28-13-15,16-8-11-29-14-16)22(21(17)23)19-4-2-3-9-26(19)20/h2-11,13-14,20,22H,12H2,1H3/q+1/t20-,22-/m1/s1. The van der Waals surface area contributed by atoms with Crippen molar-refractivity contribution in [2.24, 2.45) is 0 Å². The van der Waals surface area contributed by atoms with Crippen LogP contribution >= 0.6 is 11.6 Å². The van der Waals surface area contributed by atoms with E-state index >= 15 is 0 Å². The maximum atomic E-state index is 6.60. The Kier molecular flexibility index (Phi) is 3.51. The SMILES string of the molecule is COc1c(Cl)ccc2c1[C@H]1c3cccc[n+]3[C@@H]2CC1(c1ccoc1)c1ccoc1. The first-order chi connectivity index (χ1) is 14.3. The monoisotopic (exact) mass is 404 g/mol. The Bertz CT molecular complexity index is 1160. The number of aromatic nitrogens is 1. The average molecular weight is 405 g/mol. The molecule has 0 saturated carbocycles. The number of nitrogens with zero attached hydrogens (tertiary/aromatic N) is 1. The molecule has 1 aromatic carbocycles. The Morgan fingerprint density at radius 2 is 1.79 bits per heavy atom. The van der Waals surface area contributed by atoms with E-state index in [4.69, 9.17) is 25.2 Å². The fourth-order valence-electron chi connectivity index (χ4n) is 5.58. The molecule has 0 fully saturated rings. The zero-order chi connectivity index (χ0) is 19.6. The lowest BCUT2D eigenvalue weighted by molar-refractivity contribution is -0.732. The van der Waals surface area contributed by atoms with E-state index in [0.717, 1.165) is 28.9 Å². The van der Waals surface area contributed by atoms with E-state index in [-0.39, 0.29) is 17.4 Å². The maximum Gasteiger partial charge on any atom is 0.190 e. The second kappa shape index (κ2) is 6.01. The highest BCUT2D eigenvalue weighted by Crippen LogP contribution is 2.62. The van der Waals surface area contributed by atoms with Crippen molar-refractivity contribution in [3.05, 3.63) is 107 Å². The molecular formula is C24H19ClNO3+. The highest BCUT2D eigenvalue weighted by Gasteiger charge is 2.61. The zero-order valence-electron chi connectivity index (χ0n) is 15.8. The summed E-state index contributed by atoms with van der Waals surface area (Å²) in [5.41, 5.74) is 5.59. The number of hydrogen-bond acceptors (Lipinski definition) is 3. The molecule has 0 spiro atoms. The lowest BCUT2D eigenvalue weighted by atomic mass is 9.54. The Morgan fingerprint density at radius 3 is 2.45 bits per heavy atom. The highest BCUT2D eigenvalue weighted by molar-refractivity contribution is 6.32. The molecule has 2 atom stereocenters. The number of benzene rings is 1. The molecular weight excluding hydrogens is 386 g/mol. The average Bonchev–Trinajstić information content (AvgIpc) is 3.48. The van der Waals surface area contributed by atoms with Gasteiger partial charge in [-0.15, -0.1) is 0 Å². The minimum atomic E-state index is -0.336. The van der Waals surface area contributed by atoms with Crippen LogP contribution in [0.1, 0.15) is 46.3 Å². The summed E-state index contributed by atoms with van der Waals surface area (Å²) < 4.78 is 19.4. The molecule has 4 aromatic rings. The molecule has 1 aliphatic carbocycles. The molecule has 4 nitrogen and oxygen atoms in total. The van der Waals surface area contributed by atoms with Gasteiger partial charge < -0.3 is 13.6 Å². The molecule has 0 saturated heterocycles. The fraction of sp³-hybridized carbons (Fsp3) is 0.208. The smallest absolute Gasteiger partial charge is 0.190 e. The van der Waals surface area contributed by atoms with Crippen molar-refractivity contribution in [3.8, 4) is 5.75 Å². The quantitative estimate of drug-likeness (QED) is 0.438. The number of ether oxygens (including phenoxy) is 1. The normalized spacial score (nSPS) is 20.9. The van der Waals surface area contributed by atoms with Crippen LogP contribution in [-0.2, 0) is 5.41 Å². The Balaban J connectivity index is 1.76. The topological polar surface area (TPSA) is 39.4 Å². The molecule has 7 rings (SSSR count). The van der Waals surface area contributed by atoms with Gasteiger partial charge in [0.2, 0.25) is 0 Å². The molecule has 144 valence electrons. The van der Waals surface area contributed by atoms with Crippen molar-refractivity contribution in [1.29, 1.82) is 0 Å². The van der Waals surface area contributed by atoms with Gasteiger partial charge in [0, 0.05) is 40.8 Å². The van der Waals surface area contributed by atoms with Crippen LogP contribution in [0.15, 0.2) is 82.5 Å². The van der Waals surface area contributed by atoms with Gasteiger partial charge in [-0.05, 0) is 18.2 Å². The number of fused-ring (bicyclic) bond motifs is 1. The molecule has 2 bridgehead atoms. The molecule has 0 N–H and O–H groups in total. The van der Waals surface area contributed by atoms with Crippen LogP contribution in [0, 0.1) is 0 Å². The highest BCUT2D eigenvalue weighted by atomic mass is 35.5. The van der Waals surface area contributed by atoms with Gasteiger partial charge >= 0.3 is 0 Å². The lowest BCUT2D eigenvalue weighted by Crippen LogP contribution is -2.60. The summed E-state index contributed by atoms with van der Waals surface area (Å²) in [5.74, 6) is 0.762. The van der Waals surface area contributed by atoms with Gasteiger partial charge in [-0.3, -0.25) is 0 Å². The first kappa shape index (κ1) is 16.9. The molecule has 3 aromatic heterocycles. The fourth-order valence-corrected chi connectivity index (χ4v) is 5.82. The van der Waals surface area contributed by atoms with Gasteiger partial charge in [0.15, 0.2) is 17.9 Å². The van der Waals surface area contributed by atoms with Gasteiger partial charge in [-0.1, -0.05) is 23.7 Å². The van der Waals surface area contributed by atoms with Gasteiger partial charge in [-0.25, -0.2) is 0 Å². The second-order valence-electron chi connectivity index (χ2n) is 7.76. The number of hydrogen-bond donors (Lipinski definition) is 0. The van der Waals surface area contributed by atoms with Gasteiger partial charge in [0.1, 0.15) is 5.75 Å². The van der Waals surface area contributed by atoms with E-state index in [1.54, 1.807) is 19.6 Å². The van der Waals surface area contributed by atoms with E-state index < -0.39 is 0 Å². The summed E-state index contributed by atoms with van der Waals surface area (Å²) in [5, 5.41) is 0.634. The predicted molar refractivity (Wildman–Crippen MR) is 107 cm³/mol. The van der Waals surface area contributed by atoms with E-state index in [1.807, 2.05) is 18.6 Å². The largest absolute Gasteiger partial charge is 0.495 e. The third-order valence-electron chi connectivity index (χ3n) is 6.67. The Hall–Kier alpha value is -2.98. The van der Waals surface area contributed by atoms with E-state index in [2.05, 4.69) is 47.2 Å². The molecule has 3 aliphatic rings. The van der Waals surface area contributed by atoms with Crippen LogP contribution < -0.4 is 9.30 Å². The van der Waals surface area contributed by atoms with Crippen molar-refractivity contribution in [2.45, 2.75) is 23.8 Å². The third kappa shape index (κ3) is 2.07. The summed E-state index contributed by atoms with van der Waals surface area (Å²) >= 11 is 6.60. The van der Waals surface area contributed by atoms with Crippen molar-refractivity contribution >= 4 is 11.6 Å². The summed E-state index contributed by atoms with van der Waals surface area (Å²) in [6.45, 7) is 0. The molecule has 29 heavy (non-hydrogen) atoms. The van der Waals surface area contributed by atoms with Gasteiger partial charge in [0.25, 0.3) is 0 Å². The van der Waals surface area contributed by atoms with Crippen LogP contribution in [0.4, 0.5) is 0 Å². The zero-order valence-corrected chi connectivity index (χ0v) is 16.6. The number of halogens is 1. The molecule has 0 amide bonds. The van der Waals surface area contributed by atoms with Crippen LogP contribution in [0.5, 0.6) is 5.75 Å². The van der Waals surface area contributed by atoms with Crippen molar-refractivity contribution in [1.82, 2.24) is 0 Å². The van der Waals surface area contributed by atoms with Crippen LogP contribution in [0.2, 0.25) is 5.02 Å². The Labute approximate surface area is 173 Å². The molecule has 0 radical (unpaired) electrons. The summed E-state index contributed by atoms with van der Waals surface area (Å²) in [6, 6.07) is 14.8. The number of pyridine rings is 1. The minimum absolute atomic E-state index is 0.00699. The van der Waals surface area contributed by atoms with Crippen molar-refractivity contribution in [3.63, 3.8) is 0 Å². The van der Waals surface area contributed by atoms with E-state index in [1.165, 1.54) is 11.3 Å². The second-order valence-corrected chi connectivity index (χ2v) is 8.17. The third-order valence-corrected chi connectivity index (χ3v) is 6.97. The Morgan fingerprint density at radius 1 is 1.03 bits per heavy atom. The van der Waals surface area contributed by atoms with Crippen molar-refractivity contribution < 1.29 is 18.1 Å².